The Hall–Kier alpha value is -0.670. The van der Waals surface area contributed by atoms with Crippen LogP contribution >= 0.6 is 7.60 Å². The first kappa shape index (κ1) is 16.7. The molecule has 21 heavy (non-hydrogen) atoms. The molecule has 1 atom stereocenters. The SMILES string of the molecule is CC(C)(C)OP(=O)(OC(C)(C)C)C(O)C1=C2C=CC(=C1)C2. The molecule has 0 aromatic rings. The predicted octanol–water partition coefficient (Wildman–Crippen LogP) is 4.32. The van der Waals surface area contributed by atoms with E-state index in [1.54, 1.807) is 41.5 Å². The summed E-state index contributed by atoms with van der Waals surface area (Å²) >= 11 is 0. The van der Waals surface area contributed by atoms with Crippen molar-refractivity contribution in [2.24, 2.45) is 0 Å². The van der Waals surface area contributed by atoms with Gasteiger partial charge in [-0.2, -0.15) is 0 Å². The third kappa shape index (κ3) is 3.95. The molecule has 1 N–H and O–H groups in total. The van der Waals surface area contributed by atoms with Crippen molar-refractivity contribution in [1.29, 1.82) is 0 Å². The topological polar surface area (TPSA) is 55.8 Å². The van der Waals surface area contributed by atoms with Gasteiger partial charge >= 0.3 is 7.60 Å². The molecule has 2 aliphatic rings. The fraction of sp³-hybridized carbons (Fsp3) is 0.625. The van der Waals surface area contributed by atoms with E-state index in [1.807, 2.05) is 18.2 Å². The number of rotatable bonds is 4. The van der Waals surface area contributed by atoms with E-state index >= 15 is 0 Å². The first-order valence-corrected chi connectivity index (χ1v) is 8.82. The normalized spacial score (nSPS) is 20.2. The summed E-state index contributed by atoms with van der Waals surface area (Å²) in [7, 11) is -3.71. The zero-order chi connectivity index (χ0) is 16.1. The zero-order valence-corrected chi connectivity index (χ0v) is 14.5. The third-order valence-electron chi connectivity index (χ3n) is 2.98. The Kier molecular flexibility index (Phi) is 4.14. The Bertz CT molecular complexity index is 550. The molecule has 2 aliphatic carbocycles. The van der Waals surface area contributed by atoms with Crippen molar-refractivity contribution >= 4 is 7.60 Å². The number of hydrogen-bond acceptors (Lipinski definition) is 4. The third-order valence-corrected chi connectivity index (χ3v) is 5.47. The number of hydrogen-bond donors (Lipinski definition) is 1. The van der Waals surface area contributed by atoms with E-state index in [4.69, 9.17) is 9.05 Å². The molecule has 1 unspecified atom stereocenters. The van der Waals surface area contributed by atoms with Crippen LogP contribution in [0, 0.1) is 0 Å². The molecule has 0 spiro atoms. The highest BCUT2D eigenvalue weighted by Gasteiger charge is 2.44. The Morgan fingerprint density at radius 2 is 1.62 bits per heavy atom. The van der Waals surface area contributed by atoms with Gasteiger partial charge in [-0.05, 0) is 64.7 Å². The lowest BCUT2D eigenvalue weighted by molar-refractivity contribution is 0.0321. The number of aliphatic hydroxyl groups excluding tert-OH is 1. The van der Waals surface area contributed by atoms with Gasteiger partial charge in [0.1, 0.15) is 0 Å². The number of aliphatic hydroxyl groups is 1. The number of allylic oxidation sites excluding steroid dienone is 4. The molecule has 0 saturated carbocycles. The molecule has 0 saturated heterocycles. The summed E-state index contributed by atoms with van der Waals surface area (Å²) in [4.78, 5) is 0. The summed E-state index contributed by atoms with van der Waals surface area (Å²) in [5.74, 6) is -1.26. The fourth-order valence-electron chi connectivity index (χ4n) is 2.43. The van der Waals surface area contributed by atoms with Crippen LogP contribution in [0.3, 0.4) is 0 Å². The van der Waals surface area contributed by atoms with Crippen LogP contribution in [-0.4, -0.2) is 22.2 Å². The summed E-state index contributed by atoms with van der Waals surface area (Å²) in [6.07, 6.45) is 6.63. The highest BCUT2D eigenvalue weighted by Crippen LogP contribution is 2.60. The molecule has 0 aliphatic heterocycles. The Labute approximate surface area is 127 Å². The second kappa shape index (κ2) is 5.20. The summed E-state index contributed by atoms with van der Waals surface area (Å²) < 4.78 is 24.6. The minimum Gasteiger partial charge on any atom is -0.376 e. The lowest BCUT2D eigenvalue weighted by Crippen LogP contribution is -2.29. The predicted molar refractivity (Wildman–Crippen MR) is 84.2 cm³/mol. The molecule has 2 bridgehead atoms. The van der Waals surface area contributed by atoms with Gasteiger partial charge in [0, 0.05) is 0 Å². The van der Waals surface area contributed by atoms with Gasteiger partial charge in [0.15, 0.2) is 5.85 Å². The van der Waals surface area contributed by atoms with Crippen LogP contribution in [0.2, 0.25) is 0 Å². The highest BCUT2D eigenvalue weighted by atomic mass is 31.2. The first-order chi connectivity index (χ1) is 9.40. The Morgan fingerprint density at radius 1 is 1.10 bits per heavy atom. The van der Waals surface area contributed by atoms with E-state index in [9.17, 15) is 9.67 Å². The zero-order valence-electron chi connectivity index (χ0n) is 13.6. The second-order valence-electron chi connectivity index (χ2n) is 7.53. The quantitative estimate of drug-likeness (QED) is 0.785. The maximum Gasteiger partial charge on any atom is 0.364 e. The minimum atomic E-state index is -3.71. The summed E-state index contributed by atoms with van der Waals surface area (Å²) in [6, 6.07) is 0. The first-order valence-electron chi connectivity index (χ1n) is 7.21. The molecular weight excluding hydrogens is 287 g/mol. The van der Waals surface area contributed by atoms with Crippen LogP contribution in [0.25, 0.3) is 0 Å². The van der Waals surface area contributed by atoms with Crippen molar-refractivity contribution < 1.29 is 18.7 Å². The van der Waals surface area contributed by atoms with Crippen molar-refractivity contribution in [1.82, 2.24) is 0 Å². The molecule has 0 heterocycles. The van der Waals surface area contributed by atoms with Crippen molar-refractivity contribution in [3.05, 3.63) is 34.9 Å². The van der Waals surface area contributed by atoms with Crippen molar-refractivity contribution in [3.8, 4) is 0 Å². The summed E-state index contributed by atoms with van der Waals surface area (Å²) in [6.45, 7) is 10.8. The molecule has 4 nitrogen and oxygen atoms in total. The van der Waals surface area contributed by atoms with Crippen LogP contribution < -0.4 is 0 Å². The standard InChI is InChI=1S/C16H25O4P/c1-15(2,3)19-21(18,20-16(4,5)6)14(17)13-10-11-7-8-12(13)9-11/h7-8,10,14,17H,9H2,1-6H3. The molecular formula is C16H25O4P. The van der Waals surface area contributed by atoms with Gasteiger partial charge in [-0.1, -0.05) is 18.2 Å². The largest absolute Gasteiger partial charge is 0.376 e. The van der Waals surface area contributed by atoms with Crippen LogP contribution in [0.5, 0.6) is 0 Å². The minimum absolute atomic E-state index is 0.657. The Balaban J connectivity index is 2.34. The van der Waals surface area contributed by atoms with Crippen molar-refractivity contribution in [2.75, 3.05) is 0 Å². The average Bonchev–Trinajstić information content (AvgIpc) is 2.83. The van der Waals surface area contributed by atoms with Gasteiger partial charge in [0.2, 0.25) is 0 Å². The van der Waals surface area contributed by atoms with Gasteiger partial charge in [-0.25, -0.2) is 0 Å². The smallest absolute Gasteiger partial charge is 0.364 e. The van der Waals surface area contributed by atoms with E-state index in [1.165, 1.54) is 0 Å². The second-order valence-corrected chi connectivity index (χ2v) is 9.46. The van der Waals surface area contributed by atoms with Gasteiger partial charge in [-0.3, -0.25) is 4.57 Å². The molecule has 2 rings (SSSR count). The highest BCUT2D eigenvalue weighted by molar-refractivity contribution is 7.54. The monoisotopic (exact) mass is 312 g/mol. The lowest BCUT2D eigenvalue weighted by Gasteiger charge is -2.34. The molecule has 0 radical (unpaired) electrons. The van der Waals surface area contributed by atoms with Crippen LogP contribution in [0.1, 0.15) is 48.0 Å². The molecule has 0 aromatic carbocycles. The maximum absolute atomic E-state index is 13.2. The van der Waals surface area contributed by atoms with E-state index < -0.39 is 24.6 Å². The van der Waals surface area contributed by atoms with Crippen LogP contribution in [0.15, 0.2) is 34.9 Å². The van der Waals surface area contributed by atoms with E-state index in [0.717, 1.165) is 17.6 Å². The fourth-order valence-corrected chi connectivity index (χ4v) is 4.77. The molecule has 0 aromatic heterocycles. The summed E-state index contributed by atoms with van der Waals surface area (Å²) in [5.41, 5.74) is 1.43. The van der Waals surface area contributed by atoms with Crippen LogP contribution in [0.4, 0.5) is 0 Å². The molecule has 5 heteroatoms. The molecule has 118 valence electrons. The van der Waals surface area contributed by atoms with Crippen molar-refractivity contribution in [3.63, 3.8) is 0 Å². The average molecular weight is 312 g/mol. The number of fused-ring (bicyclic) bond motifs is 2. The summed E-state index contributed by atoms with van der Waals surface area (Å²) in [5, 5.41) is 10.7. The van der Waals surface area contributed by atoms with Gasteiger partial charge in [0.25, 0.3) is 0 Å². The lowest BCUT2D eigenvalue weighted by atomic mass is 10.1. The van der Waals surface area contributed by atoms with Gasteiger partial charge in [-0.15, -0.1) is 0 Å². The van der Waals surface area contributed by atoms with Crippen molar-refractivity contribution in [2.45, 2.75) is 65.0 Å². The van der Waals surface area contributed by atoms with E-state index in [2.05, 4.69) is 0 Å². The van der Waals surface area contributed by atoms with E-state index in [0.29, 0.717) is 5.57 Å². The van der Waals surface area contributed by atoms with Gasteiger partial charge < -0.3 is 14.2 Å². The van der Waals surface area contributed by atoms with E-state index in [-0.39, 0.29) is 0 Å². The molecule has 0 amide bonds. The maximum atomic E-state index is 13.2. The van der Waals surface area contributed by atoms with Crippen LogP contribution in [-0.2, 0) is 13.6 Å². The van der Waals surface area contributed by atoms with Gasteiger partial charge in [0.05, 0.1) is 11.2 Å². The Morgan fingerprint density at radius 3 is 1.95 bits per heavy atom. The molecule has 0 fully saturated rings.